The molecule has 2 aromatic carbocycles. The Bertz CT molecular complexity index is 689. The second-order valence-electron chi connectivity index (χ2n) is 4.03. The molecule has 0 amide bonds. The molecule has 0 saturated heterocycles. The number of ketones is 1. The lowest BCUT2D eigenvalue weighted by Gasteiger charge is -2.08. The van der Waals surface area contributed by atoms with Crippen LogP contribution < -0.4 is 10.5 Å². The van der Waals surface area contributed by atoms with Crippen LogP contribution in [-0.2, 0) is 0 Å². The maximum Gasteiger partial charge on any atom is 0.196 e. The van der Waals surface area contributed by atoms with E-state index >= 15 is 0 Å². The van der Waals surface area contributed by atoms with Gasteiger partial charge in [-0.1, -0.05) is 0 Å². The third-order valence-electron chi connectivity index (χ3n) is 2.75. The summed E-state index contributed by atoms with van der Waals surface area (Å²) in [6, 6.07) is 6.05. The summed E-state index contributed by atoms with van der Waals surface area (Å²) >= 11 is 2.86. The highest BCUT2D eigenvalue weighted by Gasteiger charge is 2.18. The minimum absolute atomic E-state index is 0.0403. The number of nitrogen functional groups attached to an aromatic ring is 1. The number of hydrogen-bond donors (Lipinski definition) is 1. The summed E-state index contributed by atoms with van der Waals surface area (Å²) in [7, 11) is 1.40. The van der Waals surface area contributed by atoms with Crippen molar-refractivity contribution in [3.8, 4) is 5.75 Å². The molecule has 0 spiro atoms. The van der Waals surface area contributed by atoms with Gasteiger partial charge < -0.3 is 10.5 Å². The van der Waals surface area contributed by atoms with Gasteiger partial charge in [0, 0.05) is 5.56 Å². The van der Waals surface area contributed by atoms with Gasteiger partial charge in [-0.05, 0) is 46.3 Å². The fourth-order valence-corrected chi connectivity index (χ4v) is 2.02. The molecular weight excluding hydrogens is 332 g/mol. The van der Waals surface area contributed by atoms with E-state index in [0.29, 0.717) is 11.4 Å². The molecular formula is C14H10BrF2NO2. The molecule has 0 atom stereocenters. The molecule has 0 heterocycles. The maximum absolute atomic E-state index is 13.8. The Labute approximate surface area is 122 Å². The highest BCUT2D eigenvalue weighted by Crippen LogP contribution is 2.26. The van der Waals surface area contributed by atoms with Crippen molar-refractivity contribution in [3.63, 3.8) is 0 Å². The molecule has 2 rings (SSSR count). The number of carbonyl (C=O) groups is 1. The average Bonchev–Trinajstić information content (AvgIpc) is 2.42. The fraction of sp³-hybridized carbons (Fsp3) is 0.0714. The molecule has 0 fully saturated rings. The van der Waals surface area contributed by atoms with Crippen LogP contribution in [-0.4, -0.2) is 12.9 Å². The summed E-state index contributed by atoms with van der Waals surface area (Å²) in [5, 5.41) is 0. The highest BCUT2D eigenvalue weighted by molar-refractivity contribution is 9.10. The van der Waals surface area contributed by atoms with Crippen molar-refractivity contribution in [2.45, 2.75) is 0 Å². The predicted octanol–water partition coefficient (Wildman–Crippen LogP) is 3.55. The van der Waals surface area contributed by atoms with E-state index in [0.717, 1.165) is 12.1 Å². The lowest BCUT2D eigenvalue weighted by molar-refractivity contribution is 0.103. The van der Waals surface area contributed by atoms with Crippen LogP contribution in [0.4, 0.5) is 14.5 Å². The van der Waals surface area contributed by atoms with Gasteiger partial charge in [-0.2, -0.15) is 0 Å². The zero-order chi connectivity index (χ0) is 14.9. The Morgan fingerprint density at radius 1 is 1.20 bits per heavy atom. The van der Waals surface area contributed by atoms with Crippen molar-refractivity contribution in [2.75, 3.05) is 12.8 Å². The molecule has 0 aliphatic carbocycles. The van der Waals surface area contributed by atoms with Crippen molar-refractivity contribution in [1.82, 2.24) is 0 Å². The Morgan fingerprint density at radius 3 is 2.55 bits per heavy atom. The van der Waals surface area contributed by atoms with Gasteiger partial charge in [-0.25, -0.2) is 8.78 Å². The first-order valence-corrected chi connectivity index (χ1v) is 6.36. The average molecular weight is 342 g/mol. The Hall–Kier alpha value is -1.95. The molecule has 2 N–H and O–H groups in total. The topological polar surface area (TPSA) is 52.3 Å². The van der Waals surface area contributed by atoms with Gasteiger partial charge in [-0.3, -0.25) is 4.79 Å². The number of halogens is 3. The van der Waals surface area contributed by atoms with E-state index < -0.39 is 17.4 Å². The molecule has 0 saturated carbocycles. The van der Waals surface area contributed by atoms with Crippen LogP contribution in [0, 0.1) is 11.6 Å². The van der Waals surface area contributed by atoms with E-state index in [1.807, 2.05) is 0 Å². The second kappa shape index (κ2) is 5.58. The number of rotatable bonds is 3. The fourth-order valence-electron chi connectivity index (χ4n) is 1.70. The molecule has 0 aliphatic rings. The zero-order valence-corrected chi connectivity index (χ0v) is 12.0. The largest absolute Gasteiger partial charge is 0.495 e. The summed E-state index contributed by atoms with van der Waals surface area (Å²) in [4.78, 5) is 12.2. The first-order chi connectivity index (χ1) is 9.43. The molecule has 0 aliphatic heterocycles. The van der Waals surface area contributed by atoms with E-state index in [9.17, 15) is 13.6 Å². The summed E-state index contributed by atoms with van der Waals surface area (Å²) in [5.41, 5.74) is 5.80. The van der Waals surface area contributed by atoms with Gasteiger partial charge in [0.1, 0.15) is 17.4 Å². The van der Waals surface area contributed by atoms with Gasteiger partial charge in [0.2, 0.25) is 0 Å². The Morgan fingerprint density at radius 2 is 1.90 bits per heavy atom. The first kappa shape index (κ1) is 14.5. The summed E-state index contributed by atoms with van der Waals surface area (Å²) in [6.45, 7) is 0. The van der Waals surface area contributed by atoms with Crippen LogP contribution in [0.5, 0.6) is 5.75 Å². The van der Waals surface area contributed by atoms with Gasteiger partial charge >= 0.3 is 0 Å². The molecule has 0 aromatic heterocycles. The number of methoxy groups -OCH3 is 1. The van der Waals surface area contributed by atoms with Crippen LogP contribution in [0.15, 0.2) is 34.8 Å². The van der Waals surface area contributed by atoms with E-state index in [4.69, 9.17) is 10.5 Å². The normalized spacial score (nSPS) is 10.4. The second-order valence-corrected chi connectivity index (χ2v) is 4.89. The third-order valence-corrected chi connectivity index (χ3v) is 3.36. The predicted molar refractivity (Wildman–Crippen MR) is 74.9 cm³/mol. The minimum atomic E-state index is -0.806. The number of anilines is 1. The third kappa shape index (κ3) is 2.65. The SMILES string of the molecule is COc1cc(C(=O)c2cc(F)c(Br)cc2F)ccc1N. The molecule has 3 nitrogen and oxygen atoms in total. The molecule has 0 radical (unpaired) electrons. The highest BCUT2D eigenvalue weighted by atomic mass is 79.9. The van der Waals surface area contributed by atoms with Crippen LogP contribution in [0.3, 0.4) is 0 Å². The molecule has 0 unspecified atom stereocenters. The Balaban J connectivity index is 2.49. The van der Waals surface area contributed by atoms with Crippen molar-refractivity contribution in [3.05, 3.63) is 57.6 Å². The van der Waals surface area contributed by atoms with Gasteiger partial charge in [0.15, 0.2) is 5.78 Å². The summed E-state index contributed by atoms with van der Waals surface area (Å²) < 4.78 is 32.1. The van der Waals surface area contributed by atoms with E-state index in [2.05, 4.69) is 15.9 Å². The standard InChI is InChI=1S/C14H10BrF2NO2/c1-20-13-4-7(2-3-12(13)18)14(19)8-5-11(17)9(15)6-10(8)16/h2-6H,18H2,1H3. The lowest BCUT2D eigenvalue weighted by atomic mass is 10.0. The van der Waals surface area contributed by atoms with Crippen LogP contribution >= 0.6 is 15.9 Å². The number of nitrogens with two attached hydrogens (primary N) is 1. The summed E-state index contributed by atoms with van der Waals surface area (Å²) in [6.07, 6.45) is 0. The van der Waals surface area contributed by atoms with Crippen molar-refractivity contribution >= 4 is 27.4 Å². The van der Waals surface area contributed by atoms with E-state index in [1.54, 1.807) is 0 Å². The van der Waals surface area contributed by atoms with E-state index in [1.165, 1.54) is 25.3 Å². The quantitative estimate of drug-likeness (QED) is 0.527. The number of ether oxygens (including phenoxy) is 1. The van der Waals surface area contributed by atoms with Crippen LogP contribution in [0.25, 0.3) is 0 Å². The molecule has 6 heteroatoms. The lowest BCUT2D eigenvalue weighted by Crippen LogP contribution is -2.06. The molecule has 0 bridgehead atoms. The number of benzene rings is 2. The van der Waals surface area contributed by atoms with E-state index in [-0.39, 0.29) is 15.6 Å². The van der Waals surface area contributed by atoms with Crippen LogP contribution in [0.2, 0.25) is 0 Å². The van der Waals surface area contributed by atoms with Gasteiger partial charge in [0.25, 0.3) is 0 Å². The smallest absolute Gasteiger partial charge is 0.196 e. The molecule has 2 aromatic rings. The van der Waals surface area contributed by atoms with Gasteiger partial charge in [0.05, 0.1) is 22.8 Å². The molecule has 104 valence electrons. The summed E-state index contributed by atoms with van der Waals surface area (Å²) in [5.74, 6) is -1.86. The van der Waals surface area contributed by atoms with Crippen molar-refractivity contribution in [1.29, 1.82) is 0 Å². The number of hydrogen-bond acceptors (Lipinski definition) is 3. The zero-order valence-electron chi connectivity index (χ0n) is 10.4. The first-order valence-electron chi connectivity index (χ1n) is 5.56. The van der Waals surface area contributed by atoms with Gasteiger partial charge in [-0.15, -0.1) is 0 Å². The van der Waals surface area contributed by atoms with Crippen molar-refractivity contribution in [2.24, 2.45) is 0 Å². The van der Waals surface area contributed by atoms with Crippen molar-refractivity contribution < 1.29 is 18.3 Å². The monoisotopic (exact) mass is 341 g/mol. The number of carbonyl (C=O) groups excluding carboxylic acids is 1. The molecule has 20 heavy (non-hydrogen) atoms. The van der Waals surface area contributed by atoms with Crippen LogP contribution in [0.1, 0.15) is 15.9 Å². The Kier molecular flexibility index (Phi) is 4.04. The maximum atomic E-state index is 13.8. The minimum Gasteiger partial charge on any atom is -0.495 e.